The van der Waals surface area contributed by atoms with Gasteiger partial charge in [-0.1, -0.05) is 30.3 Å². The van der Waals surface area contributed by atoms with Crippen molar-refractivity contribution in [1.29, 1.82) is 0 Å². The number of amides is 1. The van der Waals surface area contributed by atoms with Crippen LogP contribution in [0.1, 0.15) is 43.7 Å². The number of aryl methyl sites for hydroxylation is 1. The molecule has 0 saturated carbocycles. The molecule has 0 bridgehead atoms. The van der Waals surface area contributed by atoms with Gasteiger partial charge < -0.3 is 9.64 Å². The van der Waals surface area contributed by atoms with E-state index in [0.717, 1.165) is 27.7 Å². The molecule has 0 fully saturated rings. The number of benzene rings is 2. The number of carbonyl (C=O) groups is 1. The quantitative estimate of drug-likeness (QED) is 0.592. The van der Waals surface area contributed by atoms with Crippen LogP contribution in [0.15, 0.2) is 48.5 Å². The molecule has 4 heteroatoms. The van der Waals surface area contributed by atoms with Crippen LogP contribution in [0.4, 0.5) is 0 Å². The van der Waals surface area contributed by atoms with Gasteiger partial charge >= 0.3 is 0 Å². The summed E-state index contributed by atoms with van der Waals surface area (Å²) in [4.78, 5) is 20.2. The molecule has 2 aromatic carbocycles. The maximum absolute atomic E-state index is 13.7. The van der Waals surface area contributed by atoms with E-state index in [1.807, 2.05) is 88.0 Å². The van der Waals surface area contributed by atoms with Crippen molar-refractivity contribution in [3.8, 4) is 16.9 Å². The topological polar surface area (TPSA) is 42.4 Å². The van der Waals surface area contributed by atoms with Crippen LogP contribution in [-0.4, -0.2) is 35.0 Å². The van der Waals surface area contributed by atoms with Gasteiger partial charge in [0.25, 0.3) is 5.91 Å². The van der Waals surface area contributed by atoms with Crippen LogP contribution in [0.25, 0.3) is 22.0 Å². The maximum atomic E-state index is 13.7. The number of ether oxygens (including phenoxy) is 1. The largest absolute Gasteiger partial charge is 0.496 e. The van der Waals surface area contributed by atoms with Gasteiger partial charge in [0.05, 0.1) is 18.2 Å². The third kappa shape index (κ3) is 3.59. The Morgan fingerprint density at radius 1 is 0.964 bits per heavy atom. The fourth-order valence-corrected chi connectivity index (χ4v) is 3.87. The normalized spacial score (nSPS) is 11.3. The van der Waals surface area contributed by atoms with E-state index in [9.17, 15) is 4.79 Å². The molecule has 3 rings (SSSR count). The standard InChI is InChI=1S/C24H28N2O2/c1-15(2)26(16(3)4)24(27)23-19(11-9-13-22(23)28-6)20-14-17(5)25-21-12-8-7-10-18(20)21/h7-16H,1-6H3. The molecule has 4 nitrogen and oxygen atoms in total. The first-order valence-electron chi connectivity index (χ1n) is 9.71. The summed E-state index contributed by atoms with van der Waals surface area (Å²) in [6, 6.07) is 16.0. The Balaban J connectivity index is 2.32. The summed E-state index contributed by atoms with van der Waals surface area (Å²) in [5.74, 6) is 0.573. The van der Waals surface area contributed by atoms with Gasteiger partial charge in [-0.25, -0.2) is 0 Å². The van der Waals surface area contributed by atoms with E-state index in [2.05, 4.69) is 4.98 Å². The molecule has 1 amide bonds. The summed E-state index contributed by atoms with van der Waals surface area (Å²) in [7, 11) is 1.61. The molecule has 0 radical (unpaired) electrons. The van der Waals surface area contributed by atoms with Gasteiger partial charge in [0, 0.05) is 23.2 Å². The van der Waals surface area contributed by atoms with Crippen molar-refractivity contribution in [3.63, 3.8) is 0 Å². The third-order valence-electron chi connectivity index (χ3n) is 4.94. The number of hydrogen-bond donors (Lipinski definition) is 0. The molecular weight excluding hydrogens is 348 g/mol. The van der Waals surface area contributed by atoms with E-state index in [1.54, 1.807) is 7.11 Å². The summed E-state index contributed by atoms with van der Waals surface area (Å²) < 4.78 is 5.62. The van der Waals surface area contributed by atoms with Crippen LogP contribution in [0, 0.1) is 6.92 Å². The predicted molar refractivity (Wildman–Crippen MR) is 115 cm³/mol. The highest BCUT2D eigenvalue weighted by atomic mass is 16.5. The molecular formula is C24H28N2O2. The van der Waals surface area contributed by atoms with Crippen LogP contribution in [0.2, 0.25) is 0 Å². The molecule has 0 aliphatic rings. The highest BCUT2D eigenvalue weighted by Gasteiger charge is 2.27. The van der Waals surface area contributed by atoms with E-state index in [0.29, 0.717) is 11.3 Å². The van der Waals surface area contributed by atoms with Crippen molar-refractivity contribution < 1.29 is 9.53 Å². The molecule has 0 saturated heterocycles. The van der Waals surface area contributed by atoms with Gasteiger partial charge in [0.2, 0.25) is 0 Å². The van der Waals surface area contributed by atoms with Gasteiger partial charge in [-0.3, -0.25) is 9.78 Å². The second-order valence-electron chi connectivity index (χ2n) is 7.61. The fourth-order valence-electron chi connectivity index (χ4n) is 3.87. The smallest absolute Gasteiger partial charge is 0.258 e. The summed E-state index contributed by atoms with van der Waals surface area (Å²) in [6.07, 6.45) is 0. The van der Waals surface area contributed by atoms with E-state index >= 15 is 0 Å². The Kier molecular flexibility index (Phi) is 5.68. The minimum Gasteiger partial charge on any atom is -0.496 e. The van der Waals surface area contributed by atoms with Crippen LogP contribution in [0.5, 0.6) is 5.75 Å². The average Bonchev–Trinajstić information content (AvgIpc) is 2.65. The molecule has 0 N–H and O–H groups in total. The van der Waals surface area contributed by atoms with Crippen LogP contribution in [-0.2, 0) is 0 Å². The van der Waals surface area contributed by atoms with E-state index < -0.39 is 0 Å². The zero-order valence-corrected chi connectivity index (χ0v) is 17.5. The van der Waals surface area contributed by atoms with Crippen LogP contribution in [0.3, 0.4) is 0 Å². The van der Waals surface area contributed by atoms with Crippen LogP contribution < -0.4 is 4.74 Å². The number of aromatic nitrogens is 1. The molecule has 0 aliphatic carbocycles. The second-order valence-corrected chi connectivity index (χ2v) is 7.61. The average molecular weight is 377 g/mol. The monoisotopic (exact) mass is 376 g/mol. The van der Waals surface area contributed by atoms with Gasteiger partial charge in [0.15, 0.2) is 0 Å². The first-order chi connectivity index (χ1) is 13.3. The highest BCUT2D eigenvalue weighted by molar-refractivity contribution is 6.07. The van der Waals surface area contributed by atoms with Gasteiger partial charge in [-0.05, 0) is 63.9 Å². The lowest BCUT2D eigenvalue weighted by molar-refractivity contribution is 0.0641. The Morgan fingerprint density at radius 3 is 2.29 bits per heavy atom. The molecule has 28 heavy (non-hydrogen) atoms. The zero-order valence-electron chi connectivity index (χ0n) is 17.5. The number of nitrogens with zero attached hydrogens (tertiary/aromatic N) is 2. The van der Waals surface area contributed by atoms with Crippen molar-refractivity contribution in [3.05, 3.63) is 59.8 Å². The van der Waals surface area contributed by atoms with Crippen molar-refractivity contribution in [2.75, 3.05) is 7.11 Å². The number of fused-ring (bicyclic) bond motifs is 1. The van der Waals surface area contributed by atoms with Gasteiger partial charge in [-0.2, -0.15) is 0 Å². The van der Waals surface area contributed by atoms with Crippen molar-refractivity contribution in [2.24, 2.45) is 0 Å². The Hall–Kier alpha value is -2.88. The number of para-hydroxylation sites is 1. The Bertz CT molecular complexity index is 1000. The molecule has 0 unspecified atom stereocenters. The zero-order chi connectivity index (χ0) is 20.4. The number of pyridine rings is 1. The maximum Gasteiger partial charge on any atom is 0.258 e. The van der Waals surface area contributed by atoms with Crippen molar-refractivity contribution >= 4 is 16.8 Å². The minimum absolute atomic E-state index is 0.0176. The van der Waals surface area contributed by atoms with Crippen molar-refractivity contribution in [2.45, 2.75) is 46.7 Å². The van der Waals surface area contributed by atoms with E-state index in [1.165, 1.54) is 0 Å². The molecule has 1 heterocycles. The molecule has 0 spiro atoms. The van der Waals surface area contributed by atoms with E-state index in [-0.39, 0.29) is 18.0 Å². The SMILES string of the molecule is COc1cccc(-c2cc(C)nc3ccccc23)c1C(=O)N(C(C)C)C(C)C. The number of hydrogen-bond acceptors (Lipinski definition) is 3. The first kappa shape index (κ1) is 19.9. The summed E-state index contributed by atoms with van der Waals surface area (Å²) >= 11 is 0. The number of rotatable bonds is 5. The molecule has 1 aromatic heterocycles. The minimum atomic E-state index is -0.0176. The number of carbonyl (C=O) groups excluding carboxylic acids is 1. The fraction of sp³-hybridized carbons (Fsp3) is 0.333. The Labute approximate surface area is 167 Å². The summed E-state index contributed by atoms with van der Waals surface area (Å²) in [6.45, 7) is 10.1. The third-order valence-corrected chi connectivity index (χ3v) is 4.94. The molecule has 146 valence electrons. The highest BCUT2D eigenvalue weighted by Crippen LogP contribution is 2.36. The lowest BCUT2D eigenvalue weighted by Gasteiger charge is -2.32. The Morgan fingerprint density at radius 2 is 1.64 bits per heavy atom. The summed E-state index contributed by atoms with van der Waals surface area (Å²) in [5, 5.41) is 1.02. The van der Waals surface area contributed by atoms with E-state index in [4.69, 9.17) is 4.74 Å². The lowest BCUT2D eigenvalue weighted by Crippen LogP contribution is -2.42. The van der Waals surface area contributed by atoms with Crippen LogP contribution >= 0.6 is 0 Å². The number of methoxy groups -OCH3 is 1. The van der Waals surface area contributed by atoms with Gasteiger partial charge in [0.1, 0.15) is 5.75 Å². The van der Waals surface area contributed by atoms with Gasteiger partial charge in [-0.15, -0.1) is 0 Å². The summed E-state index contributed by atoms with van der Waals surface area (Å²) in [5.41, 5.74) is 4.31. The van der Waals surface area contributed by atoms with Crippen molar-refractivity contribution in [1.82, 2.24) is 9.88 Å². The molecule has 3 aromatic rings. The lowest BCUT2D eigenvalue weighted by atomic mass is 9.94. The molecule has 0 atom stereocenters. The second kappa shape index (κ2) is 8.01. The first-order valence-corrected chi connectivity index (χ1v) is 9.71. The predicted octanol–water partition coefficient (Wildman–Crippen LogP) is 5.48. The molecule has 0 aliphatic heterocycles.